The lowest BCUT2D eigenvalue weighted by atomic mass is 10.0. The van der Waals surface area contributed by atoms with Gasteiger partial charge in [-0.1, -0.05) is 17.5 Å². The van der Waals surface area contributed by atoms with Crippen LogP contribution in [0.5, 0.6) is 0 Å². The third-order valence-corrected chi connectivity index (χ3v) is 3.52. The zero-order valence-electron chi connectivity index (χ0n) is 10.6. The van der Waals surface area contributed by atoms with Crippen molar-refractivity contribution in [3.05, 3.63) is 23.0 Å². The summed E-state index contributed by atoms with van der Waals surface area (Å²) in [7, 11) is 0. The van der Waals surface area contributed by atoms with E-state index in [9.17, 15) is 0 Å². The minimum absolute atomic E-state index is 0.501. The predicted molar refractivity (Wildman–Crippen MR) is 75.9 cm³/mol. The molecule has 3 nitrogen and oxygen atoms in total. The Morgan fingerprint density at radius 1 is 1.50 bits per heavy atom. The van der Waals surface area contributed by atoms with E-state index in [0.717, 1.165) is 43.9 Å². The van der Waals surface area contributed by atoms with E-state index in [2.05, 4.69) is 21.1 Å². The van der Waals surface area contributed by atoms with Crippen LogP contribution in [0.2, 0.25) is 5.15 Å². The number of hydrogen-bond donors (Lipinski definition) is 1. The Balaban J connectivity index is 1.90. The molecule has 0 aromatic carbocycles. The molecule has 0 unspecified atom stereocenters. The van der Waals surface area contributed by atoms with E-state index in [0.29, 0.717) is 11.2 Å². The summed E-state index contributed by atoms with van der Waals surface area (Å²) < 4.78 is 0. The van der Waals surface area contributed by atoms with Gasteiger partial charge in [0.25, 0.3) is 0 Å². The molecule has 1 aromatic heterocycles. The normalized spacial score (nSPS) is 17.4. The van der Waals surface area contributed by atoms with Crippen molar-refractivity contribution in [3.8, 4) is 12.3 Å². The van der Waals surface area contributed by atoms with E-state index in [4.69, 9.17) is 18.0 Å². The van der Waals surface area contributed by atoms with Gasteiger partial charge in [0.2, 0.25) is 0 Å². The molecule has 0 aliphatic carbocycles. The molecule has 1 fully saturated rings. The van der Waals surface area contributed by atoms with Crippen molar-refractivity contribution in [2.75, 3.05) is 25.0 Å². The predicted octanol–water partition coefficient (Wildman–Crippen LogP) is 2.55. The molecule has 1 aromatic rings. The third kappa shape index (κ3) is 3.38. The number of anilines is 1. The minimum Gasteiger partial charge on any atom is -0.381 e. The van der Waals surface area contributed by atoms with E-state index in [1.807, 2.05) is 19.1 Å². The molecule has 2 heterocycles. The first-order valence-electron chi connectivity index (χ1n) is 6.24. The van der Waals surface area contributed by atoms with Gasteiger partial charge in [-0.25, -0.2) is 4.98 Å². The quantitative estimate of drug-likeness (QED) is 0.671. The largest absolute Gasteiger partial charge is 0.381 e. The molecule has 1 N–H and O–H groups in total. The number of aryl methyl sites for hydroxylation is 1. The van der Waals surface area contributed by atoms with Crippen molar-refractivity contribution in [1.29, 1.82) is 0 Å². The molecular weight excluding hydrogens is 246 g/mol. The molecule has 0 spiro atoms. The molecule has 1 aliphatic rings. The number of nitrogens with one attached hydrogen (secondary N) is 1. The first-order valence-corrected chi connectivity index (χ1v) is 6.62. The number of halogens is 1. The SMILES string of the molecule is C#CCN1CCC(Nc2ccc(Cl)nc2C)CC1. The summed E-state index contributed by atoms with van der Waals surface area (Å²) in [6, 6.07) is 4.32. The molecular formula is C14H18ClN3. The second-order valence-electron chi connectivity index (χ2n) is 4.67. The lowest BCUT2D eigenvalue weighted by molar-refractivity contribution is 0.243. The van der Waals surface area contributed by atoms with Crippen LogP contribution in [0.4, 0.5) is 5.69 Å². The maximum atomic E-state index is 5.85. The first kappa shape index (κ1) is 13.2. The molecule has 0 radical (unpaired) electrons. The lowest BCUT2D eigenvalue weighted by Gasteiger charge is -2.31. The molecule has 0 bridgehead atoms. The van der Waals surface area contributed by atoms with Gasteiger partial charge in [-0.3, -0.25) is 4.90 Å². The van der Waals surface area contributed by atoms with Crippen LogP contribution in [0.15, 0.2) is 12.1 Å². The second-order valence-corrected chi connectivity index (χ2v) is 5.05. The fraction of sp³-hybridized carbons (Fsp3) is 0.500. The first-order chi connectivity index (χ1) is 8.69. The lowest BCUT2D eigenvalue weighted by Crippen LogP contribution is -2.39. The highest BCUT2D eigenvalue weighted by Crippen LogP contribution is 2.20. The van der Waals surface area contributed by atoms with Gasteiger partial charge >= 0.3 is 0 Å². The van der Waals surface area contributed by atoms with Gasteiger partial charge in [0, 0.05) is 19.1 Å². The zero-order valence-corrected chi connectivity index (χ0v) is 11.4. The third-order valence-electron chi connectivity index (χ3n) is 3.31. The Kier molecular flexibility index (Phi) is 4.46. The zero-order chi connectivity index (χ0) is 13.0. The van der Waals surface area contributed by atoms with Crippen molar-refractivity contribution in [1.82, 2.24) is 9.88 Å². The number of pyridine rings is 1. The van der Waals surface area contributed by atoms with Crippen molar-refractivity contribution in [2.24, 2.45) is 0 Å². The van der Waals surface area contributed by atoms with Crippen LogP contribution >= 0.6 is 11.6 Å². The van der Waals surface area contributed by atoms with E-state index >= 15 is 0 Å². The summed E-state index contributed by atoms with van der Waals surface area (Å²) >= 11 is 5.85. The average molecular weight is 264 g/mol. The van der Waals surface area contributed by atoms with Crippen LogP contribution in [0.1, 0.15) is 18.5 Å². The topological polar surface area (TPSA) is 28.2 Å². The van der Waals surface area contributed by atoms with Crippen LogP contribution in [-0.4, -0.2) is 35.6 Å². The van der Waals surface area contributed by atoms with Gasteiger partial charge < -0.3 is 5.32 Å². The van der Waals surface area contributed by atoms with Crippen LogP contribution in [0.25, 0.3) is 0 Å². The van der Waals surface area contributed by atoms with E-state index in [1.54, 1.807) is 0 Å². The molecule has 1 saturated heterocycles. The summed E-state index contributed by atoms with van der Waals surface area (Å²) in [4.78, 5) is 6.56. The number of rotatable bonds is 3. The van der Waals surface area contributed by atoms with E-state index in [-0.39, 0.29) is 0 Å². The van der Waals surface area contributed by atoms with Crippen molar-refractivity contribution < 1.29 is 0 Å². The Bertz CT molecular complexity index is 445. The number of likely N-dealkylation sites (tertiary alicyclic amines) is 1. The summed E-state index contributed by atoms with van der Waals surface area (Å²) in [6.45, 7) is 4.85. The average Bonchev–Trinajstić information content (AvgIpc) is 2.35. The molecule has 4 heteroatoms. The Hall–Kier alpha value is -1.24. The summed E-state index contributed by atoms with van der Waals surface area (Å²) in [5, 5.41) is 4.08. The molecule has 0 atom stereocenters. The Morgan fingerprint density at radius 2 is 2.22 bits per heavy atom. The van der Waals surface area contributed by atoms with Gasteiger partial charge in [-0.05, 0) is 31.9 Å². The highest BCUT2D eigenvalue weighted by Gasteiger charge is 2.18. The van der Waals surface area contributed by atoms with Crippen LogP contribution in [0.3, 0.4) is 0 Å². The van der Waals surface area contributed by atoms with Gasteiger partial charge in [-0.15, -0.1) is 6.42 Å². The van der Waals surface area contributed by atoms with Crippen LogP contribution < -0.4 is 5.32 Å². The standard InChI is InChI=1S/C14H18ClN3/c1-3-8-18-9-6-12(7-10-18)17-13-4-5-14(15)16-11(13)2/h1,4-5,12,17H,6-10H2,2H3. The van der Waals surface area contributed by atoms with Gasteiger partial charge in [-0.2, -0.15) is 0 Å². The van der Waals surface area contributed by atoms with Crippen LogP contribution in [-0.2, 0) is 0 Å². The fourth-order valence-corrected chi connectivity index (χ4v) is 2.46. The summed E-state index contributed by atoms with van der Waals surface area (Å²) in [6.07, 6.45) is 7.55. The summed E-state index contributed by atoms with van der Waals surface area (Å²) in [5.41, 5.74) is 2.03. The van der Waals surface area contributed by atoms with Gasteiger partial charge in [0.15, 0.2) is 0 Å². The highest BCUT2D eigenvalue weighted by molar-refractivity contribution is 6.29. The Labute approximate surface area is 114 Å². The van der Waals surface area contributed by atoms with E-state index < -0.39 is 0 Å². The smallest absolute Gasteiger partial charge is 0.129 e. The van der Waals surface area contributed by atoms with Crippen molar-refractivity contribution in [2.45, 2.75) is 25.8 Å². The van der Waals surface area contributed by atoms with Gasteiger partial charge in [0.1, 0.15) is 5.15 Å². The maximum absolute atomic E-state index is 5.85. The fourth-order valence-electron chi connectivity index (χ4n) is 2.27. The molecule has 18 heavy (non-hydrogen) atoms. The van der Waals surface area contributed by atoms with Crippen molar-refractivity contribution >= 4 is 17.3 Å². The van der Waals surface area contributed by atoms with Gasteiger partial charge in [0.05, 0.1) is 17.9 Å². The number of nitrogens with zero attached hydrogens (tertiary/aromatic N) is 2. The molecule has 2 rings (SSSR count). The number of piperidine rings is 1. The number of terminal acetylenes is 1. The maximum Gasteiger partial charge on any atom is 0.129 e. The molecule has 1 aliphatic heterocycles. The van der Waals surface area contributed by atoms with E-state index in [1.165, 1.54) is 0 Å². The second kappa shape index (κ2) is 6.08. The molecule has 96 valence electrons. The minimum atomic E-state index is 0.501. The molecule has 0 saturated carbocycles. The number of aromatic nitrogens is 1. The Morgan fingerprint density at radius 3 is 2.83 bits per heavy atom. The van der Waals surface area contributed by atoms with Crippen LogP contribution in [0, 0.1) is 19.3 Å². The molecule has 0 amide bonds. The van der Waals surface area contributed by atoms with Crippen molar-refractivity contribution in [3.63, 3.8) is 0 Å². The highest BCUT2D eigenvalue weighted by atomic mass is 35.5. The monoisotopic (exact) mass is 263 g/mol. The number of hydrogen-bond acceptors (Lipinski definition) is 3. The summed E-state index contributed by atoms with van der Waals surface area (Å²) in [5.74, 6) is 2.70.